The van der Waals surface area contributed by atoms with Crippen LogP contribution < -0.4 is 9.64 Å². The molecule has 2 amide bonds. The van der Waals surface area contributed by atoms with Crippen molar-refractivity contribution in [3.05, 3.63) is 59.8 Å². The Hall–Kier alpha value is -2.99. The highest BCUT2D eigenvalue weighted by Crippen LogP contribution is 2.43. The van der Waals surface area contributed by atoms with Gasteiger partial charge in [-0.05, 0) is 49.2 Å². The van der Waals surface area contributed by atoms with Gasteiger partial charge in [-0.15, -0.1) is 0 Å². The molecule has 0 bridgehead atoms. The quantitative estimate of drug-likeness (QED) is 0.733. The van der Waals surface area contributed by atoms with Crippen molar-refractivity contribution in [1.29, 1.82) is 0 Å². The second kappa shape index (κ2) is 5.76. The topological polar surface area (TPSA) is 68.8 Å². The molecule has 1 fully saturated rings. The Kier molecular flexibility index (Phi) is 3.45. The summed E-state index contributed by atoms with van der Waals surface area (Å²) in [5, 5.41) is 12.1. The van der Waals surface area contributed by atoms with E-state index in [1.807, 2.05) is 55.5 Å². The number of nitrogens with one attached hydrogen (secondary N) is 1. The van der Waals surface area contributed by atoms with Crippen LogP contribution in [0.25, 0.3) is 10.9 Å². The minimum Gasteiger partial charge on any atom is -0.497 e. The number of carbonyl (C=O) groups is 1. The van der Waals surface area contributed by atoms with Gasteiger partial charge in [0.05, 0.1) is 19.2 Å². The molecule has 3 atom stereocenters. The molecule has 0 spiro atoms. The lowest BCUT2D eigenvalue weighted by atomic mass is 9.93. The van der Waals surface area contributed by atoms with E-state index in [0.717, 1.165) is 27.9 Å². The van der Waals surface area contributed by atoms with E-state index in [4.69, 9.17) is 4.74 Å². The number of aromatic nitrogens is 1. The number of anilines is 1. The van der Waals surface area contributed by atoms with E-state index >= 15 is 0 Å². The number of aromatic amines is 1. The lowest BCUT2D eigenvalue weighted by Crippen LogP contribution is -2.43. The van der Waals surface area contributed by atoms with Gasteiger partial charge >= 0.3 is 6.03 Å². The van der Waals surface area contributed by atoms with Gasteiger partial charge in [-0.3, -0.25) is 4.90 Å². The van der Waals surface area contributed by atoms with Crippen molar-refractivity contribution in [3.63, 3.8) is 0 Å². The van der Waals surface area contributed by atoms with Crippen molar-refractivity contribution in [2.75, 3.05) is 12.0 Å². The summed E-state index contributed by atoms with van der Waals surface area (Å²) in [6.07, 6.45) is -0.283. The molecule has 0 saturated carbocycles. The van der Waals surface area contributed by atoms with Crippen molar-refractivity contribution in [2.45, 2.75) is 31.7 Å². The van der Waals surface area contributed by atoms with Gasteiger partial charge < -0.3 is 19.7 Å². The summed E-state index contributed by atoms with van der Waals surface area (Å²) >= 11 is 0. The van der Waals surface area contributed by atoms with Gasteiger partial charge in [0, 0.05) is 22.3 Å². The number of methoxy groups -OCH3 is 1. The summed E-state index contributed by atoms with van der Waals surface area (Å²) < 4.78 is 5.37. The first kappa shape index (κ1) is 16.2. The highest BCUT2D eigenvalue weighted by Gasteiger charge is 2.51. The molecule has 3 heterocycles. The molecule has 2 N–H and O–H groups in total. The van der Waals surface area contributed by atoms with Gasteiger partial charge in [-0.25, -0.2) is 4.79 Å². The van der Waals surface area contributed by atoms with Gasteiger partial charge in [-0.2, -0.15) is 0 Å². The lowest BCUT2D eigenvalue weighted by molar-refractivity contribution is 0.0936. The van der Waals surface area contributed by atoms with E-state index in [9.17, 15) is 9.90 Å². The first-order valence-corrected chi connectivity index (χ1v) is 9.13. The summed E-state index contributed by atoms with van der Waals surface area (Å²) in [4.78, 5) is 19.9. The summed E-state index contributed by atoms with van der Waals surface area (Å²) in [6, 6.07) is 14.7. The average Bonchev–Trinajstić information content (AvgIpc) is 3.18. The zero-order chi connectivity index (χ0) is 18.7. The minimum atomic E-state index is -0.883. The molecular formula is C21H21N3O3. The third kappa shape index (κ3) is 2.20. The molecule has 2 aliphatic heterocycles. The lowest BCUT2D eigenvalue weighted by Gasteiger charge is -2.35. The normalized spacial score (nSPS) is 24.3. The number of aliphatic hydroxyl groups is 1. The number of rotatable bonds is 2. The number of carbonyl (C=O) groups excluding carboxylic acids is 1. The van der Waals surface area contributed by atoms with Gasteiger partial charge in [0.1, 0.15) is 5.75 Å². The van der Waals surface area contributed by atoms with Crippen LogP contribution >= 0.6 is 0 Å². The number of nitrogens with zero attached hydrogens (tertiary/aromatic N) is 2. The fourth-order valence-electron chi connectivity index (χ4n) is 4.50. The fraction of sp³-hybridized carbons (Fsp3) is 0.286. The van der Waals surface area contributed by atoms with E-state index < -0.39 is 6.23 Å². The van der Waals surface area contributed by atoms with Crippen molar-refractivity contribution < 1.29 is 14.6 Å². The van der Waals surface area contributed by atoms with Gasteiger partial charge in [-0.1, -0.05) is 18.2 Å². The Morgan fingerprint density at radius 3 is 2.70 bits per heavy atom. The number of H-pyrrole nitrogens is 1. The largest absolute Gasteiger partial charge is 0.497 e. The highest BCUT2D eigenvalue weighted by molar-refractivity contribution is 5.96. The summed E-state index contributed by atoms with van der Waals surface area (Å²) in [7, 11) is 1.65. The van der Waals surface area contributed by atoms with Crippen LogP contribution in [0.4, 0.5) is 10.5 Å². The molecule has 6 nitrogen and oxygen atoms in total. The predicted octanol–water partition coefficient (Wildman–Crippen LogP) is 3.42. The molecule has 5 rings (SSSR count). The Balaban J connectivity index is 1.60. The number of urea groups is 1. The Morgan fingerprint density at radius 2 is 1.96 bits per heavy atom. The van der Waals surface area contributed by atoms with Crippen LogP contribution in [-0.4, -0.2) is 40.4 Å². The molecule has 2 aliphatic rings. The number of amides is 2. The summed E-state index contributed by atoms with van der Waals surface area (Å²) in [5.74, 6) is 0.799. The number of hydrogen-bond acceptors (Lipinski definition) is 3. The molecule has 3 aromatic rings. The second-order valence-electron chi connectivity index (χ2n) is 7.19. The van der Waals surface area contributed by atoms with Crippen LogP contribution in [0.15, 0.2) is 48.5 Å². The number of aliphatic hydroxyl groups excluding tert-OH is 1. The first-order chi connectivity index (χ1) is 13.1. The average molecular weight is 363 g/mol. The SMILES string of the molecule is COc1ccc2[nH]c3c(c2c1)CC1C(O)N(c2ccccc2)C(=O)N1C3C. The van der Waals surface area contributed by atoms with Gasteiger partial charge in [0.25, 0.3) is 0 Å². The van der Waals surface area contributed by atoms with Crippen LogP contribution in [0.5, 0.6) is 5.75 Å². The Labute approximate surface area is 157 Å². The molecule has 0 aliphatic carbocycles. The third-order valence-electron chi connectivity index (χ3n) is 5.82. The van der Waals surface area contributed by atoms with Crippen LogP contribution in [0.2, 0.25) is 0 Å². The first-order valence-electron chi connectivity index (χ1n) is 9.13. The zero-order valence-corrected chi connectivity index (χ0v) is 15.2. The monoisotopic (exact) mass is 363 g/mol. The zero-order valence-electron chi connectivity index (χ0n) is 15.2. The molecule has 1 saturated heterocycles. The minimum absolute atomic E-state index is 0.145. The van der Waals surface area contributed by atoms with Crippen molar-refractivity contribution >= 4 is 22.6 Å². The van der Waals surface area contributed by atoms with E-state index in [1.54, 1.807) is 12.0 Å². The third-order valence-corrected chi connectivity index (χ3v) is 5.82. The van der Waals surface area contributed by atoms with Crippen molar-refractivity contribution in [3.8, 4) is 5.75 Å². The summed E-state index contributed by atoms with van der Waals surface area (Å²) in [6.45, 7) is 2.01. The fourth-order valence-corrected chi connectivity index (χ4v) is 4.50. The van der Waals surface area contributed by atoms with Crippen molar-refractivity contribution in [2.24, 2.45) is 0 Å². The molecule has 27 heavy (non-hydrogen) atoms. The maximum Gasteiger partial charge on any atom is 0.327 e. The smallest absolute Gasteiger partial charge is 0.327 e. The van der Waals surface area contributed by atoms with Crippen LogP contribution in [0.1, 0.15) is 24.2 Å². The molecule has 138 valence electrons. The standard InChI is InChI=1S/C21H21N3O3/c1-12-19-16(15-10-14(27-2)8-9-17(15)22-19)11-18-20(25)24(21(26)23(12)18)13-6-4-3-5-7-13/h3-10,12,18,20,22,25H,11H2,1-2H3. The maximum atomic E-state index is 13.1. The molecule has 6 heteroatoms. The molecular weight excluding hydrogens is 342 g/mol. The highest BCUT2D eigenvalue weighted by atomic mass is 16.5. The Bertz CT molecular complexity index is 1030. The van der Waals surface area contributed by atoms with E-state index in [2.05, 4.69) is 4.98 Å². The predicted molar refractivity (Wildman–Crippen MR) is 103 cm³/mol. The molecule has 0 radical (unpaired) electrons. The number of para-hydroxylation sites is 1. The summed E-state index contributed by atoms with van der Waals surface area (Å²) in [5.41, 5.74) is 3.92. The second-order valence-corrected chi connectivity index (χ2v) is 7.19. The van der Waals surface area contributed by atoms with Gasteiger partial charge in [0.2, 0.25) is 0 Å². The number of benzene rings is 2. The molecule has 1 aromatic heterocycles. The van der Waals surface area contributed by atoms with Crippen LogP contribution in [0, 0.1) is 0 Å². The number of hydrogen-bond donors (Lipinski definition) is 2. The van der Waals surface area contributed by atoms with Crippen LogP contribution in [-0.2, 0) is 6.42 Å². The Morgan fingerprint density at radius 1 is 1.19 bits per heavy atom. The van der Waals surface area contributed by atoms with E-state index in [1.165, 1.54) is 4.90 Å². The number of ether oxygens (including phenoxy) is 1. The van der Waals surface area contributed by atoms with E-state index in [0.29, 0.717) is 12.1 Å². The van der Waals surface area contributed by atoms with Crippen LogP contribution in [0.3, 0.4) is 0 Å². The number of fused-ring (bicyclic) bond motifs is 4. The maximum absolute atomic E-state index is 13.1. The van der Waals surface area contributed by atoms with Gasteiger partial charge in [0.15, 0.2) is 6.23 Å². The van der Waals surface area contributed by atoms with Crippen molar-refractivity contribution in [1.82, 2.24) is 9.88 Å². The molecule has 2 aromatic carbocycles. The molecule has 3 unspecified atom stereocenters. The van der Waals surface area contributed by atoms with E-state index in [-0.39, 0.29) is 18.1 Å².